The lowest BCUT2D eigenvalue weighted by molar-refractivity contribution is -0.137. The molecule has 0 atom stereocenters. The number of anilines is 1. The van der Waals surface area contributed by atoms with Gasteiger partial charge in [-0.3, -0.25) is 9.59 Å². The number of amides is 2. The van der Waals surface area contributed by atoms with E-state index in [9.17, 15) is 22.8 Å². The minimum absolute atomic E-state index is 0.103. The summed E-state index contributed by atoms with van der Waals surface area (Å²) >= 11 is 0. The standard InChI is InChI=1S/C21H20F3N3O4/c22-21(23,24)15-2-1-3-16(11-15)26-6-8-27(9-7-26)19(28)12-25-20(29)14-4-5-17-18(10-14)31-13-30-17/h1-5,10-11H,6-9,12-13H2,(H,25,29). The molecule has 2 aromatic rings. The van der Waals surface area contributed by atoms with E-state index in [1.807, 2.05) is 4.90 Å². The zero-order chi connectivity index (χ0) is 22.0. The van der Waals surface area contributed by atoms with Gasteiger partial charge in [-0.2, -0.15) is 13.2 Å². The van der Waals surface area contributed by atoms with Crippen LogP contribution in [0.25, 0.3) is 0 Å². The molecule has 1 fully saturated rings. The number of nitrogens with zero attached hydrogens (tertiary/aromatic N) is 2. The lowest BCUT2D eigenvalue weighted by Crippen LogP contribution is -2.51. The fraction of sp³-hybridized carbons (Fsp3) is 0.333. The van der Waals surface area contributed by atoms with Gasteiger partial charge in [-0.25, -0.2) is 0 Å². The molecule has 10 heteroatoms. The van der Waals surface area contributed by atoms with E-state index in [-0.39, 0.29) is 19.2 Å². The van der Waals surface area contributed by atoms with Crippen LogP contribution in [0.15, 0.2) is 42.5 Å². The maximum atomic E-state index is 12.9. The number of rotatable bonds is 4. The van der Waals surface area contributed by atoms with Crippen LogP contribution in [0.3, 0.4) is 0 Å². The zero-order valence-electron chi connectivity index (χ0n) is 16.4. The van der Waals surface area contributed by atoms with Crippen LogP contribution in [0.2, 0.25) is 0 Å². The molecule has 0 saturated carbocycles. The van der Waals surface area contributed by atoms with Crippen molar-refractivity contribution in [1.82, 2.24) is 10.2 Å². The number of piperazine rings is 1. The molecule has 4 rings (SSSR count). The first-order valence-corrected chi connectivity index (χ1v) is 9.69. The quantitative estimate of drug-likeness (QED) is 0.799. The molecule has 2 heterocycles. The van der Waals surface area contributed by atoms with Crippen LogP contribution in [0.5, 0.6) is 11.5 Å². The van der Waals surface area contributed by atoms with Crippen molar-refractivity contribution in [3.05, 3.63) is 53.6 Å². The van der Waals surface area contributed by atoms with Gasteiger partial charge in [-0.1, -0.05) is 6.07 Å². The van der Waals surface area contributed by atoms with Crippen LogP contribution >= 0.6 is 0 Å². The van der Waals surface area contributed by atoms with Crippen molar-refractivity contribution in [3.63, 3.8) is 0 Å². The second kappa shape index (κ2) is 8.37. The van der Waals surface area contributed by atoms with E-state index in [4.69, 9.17) is 9.47 Å². The molecule has 0 aromatic heterocycles. The highest BCUT2D eigenvalue weighted by atomic mass is 19.4. The van der Waals surface area contributed by atoms with Gasteiger partial charge in [0, 0.05) is 37.4 Å². The van der Waals surface area contributed by atoms with Gasteiger partial charge >= 0.3 is 6.18 Å². The molecule has 0 aliphatic carbocycles. The molecule has 2 aromatic carbocycles. The van der Waals surface area contributed by atoms with Crippen molar-refractivity contribution in [3.8, 4) is 11.5 Å². The molecule has 164 valence electrons. The second-order valence-corrected chi connectivity index (χ2v) is 7.17. The maximum Gasteiger partial charge on any atom is 0.416 e. The summed E-state index contributed by atoms with van der Waals surface area (Å²) in [5.41, 5.74) is 0.124. The average molecular weight is 435 g/mol. The largest absolute Gasteiger partial charge is 0.454 e. The highest BCUT2D eigenvalue weighted by Crippen LogP contribution is 2.33. The van der Waals surface area contributed by atoms with Crippen LogP contribution < -0.4 is 19.7 Å². The molecule has 2 amide bonds. The third-order valence-corrected chi connectivity index (χ3v) is 5.21. The van der Waals surface area contributed by atoms with Crippen molar-refractivity contribution in [1.29, 1.82) is 0 Å². The van der Waals surface area contributed by atoms with Gasteiger partial charge in [0.05, 0.1) is 12.1 Å². The van der Waals surface area contributed by atoms with E-state index in [0.29, 0.717) is 48.9 Å². The summed E-state index contributed by atoms with van der Waals surface area (Å²) in [6.45, 7) is 1.46. The smallest absolute Gasteiger partial charge is 0.416 e. The van der Waals surface area contributed by atoms with Crippen molar-refractivity contribution >= 4 is 17.5 Å². The summed E-state index contributed by atoms with van der Waals surface area (Å²) in [7, 11) is 0. The normalized spacial score (nSPS) is 15.7. The number of fused-ring (bicyclic) bond motifs is 1. The Balaban J connectivity index is 1.28. The lowest BCUT2D eigenvalue weighted by atomic mass is 10.1. The van der Waals surface area contributed by atoms with Gasteiger partial charge in [0.25, 0.3) is 5.91 Å². The van der Waals surface area contributed by atoms with Gasteiger partial charge in [-0.15, -0.1) is 0 Å². The molecule has 2 aliphatic rings. The summed E-state index contributed by atoms with van der Waals surface area (Å²) in [5, 5.41) is 2.59. The number of carbonyl (C=O) groups is 2. The number of benzene rings is 2. The molecule has 0 radical (unpaired) electrons. The minimum atomic E-state index is -4.40. The molecule has 31 heavy (non-hydrogen) atoms. The van der Waals surface area contributed by atoms with Gasteiger partial charge in [0.2, 0.25) is 12.7 Å². The van der Waals surface area contributed by atoms with Crippen molar-refractivity contribution in [2.45, 2.75) is 6.18 Å². The minimum Gasteiger partial charge on any atom is -0.454 e. The zero-order valence-corrected chi connectivity index (χ0v) is 16.4. The number of nitrogens with one attached hydrogen (secondary N) is 1. The Labute approximate surface area is 176 Å². The number of hydrogen-bond donors (Lipinski definition) is 1. The highest BCUT2D eigenvalue weighted by Gasteiger charge is 2.31. The SMILES string of the molecule is O=C(NCC(=O)N1CCN(c2cccc(C(F)(F)F)c2)CC1)c1ccc2c(c1)OCO2. The highest BCUT2D eigenvalue weighted by molar-refractivity contribution is 5.97. The molecular formula is C21H20F3N3O4. The topological polar surface area (TPSA) is 71.1 Å². The summed E-state index contributed by atoms with van der Waals surface area (Å²) in [6, 6.07) is 9.91. The second-order valence-electron chi connectivity index (χ2n) is 7.17. The summed E-state index contributed by atoms with van der Waals surface area (Å²) in [4.78, 5) is 28.1. The Morgan fingerprint density at radius 3 is 2.45 bits per heavy atom. The van der Waals surface area contributed by atoms with Gasteiger partial charge < -0.3 is 24.6 Å². The Kier molecular flexibility index (Phi) is 5.62. The summed E-state index contributed by atoms with van der Waals surface area (Å²) < 4.78 is 49.2. The third-order valence-electron chi connectivity index (χ3n) is 5.21. The molecular weight excluding hydrogens is 415 g/mol. The van der Waals surface area contributed by atoms with E-state index in [1.54, 1.807) is 29.2 Å². The van der Waals surface area contributed by atoms with E-state index in [1.165, 1.54) is 6.07 Å². The maximum absolute atomic E-state index is 12.9. The van der Waals surface area contributed by atoms with Crippen LogP contribution in [-0.4, -0.2) is 56.2 Å². The predicted molar refractivity (Wildman–Crippen MR) is 105 cm³/mol. The first kappa shape index (κ1) is 20.8. The van der Waals surface area contributed by atoms with Crippen LogP contribution in [0.4, 0.5) is 18.9 Å². The Morgan fingerprint density at radius 2 is 1.71 bits per heavy atom. The summed E-state index contributed by atoms with van der Waals surface area (Å²) in [5.74, 6) is 0.378. The van der Waals surface area contributed by atoms with Crippen LogP contribution in [-0.2, 0) is 11.0 Å². The molecule has 1 N–H and O–H groups in total. The fourth-order valence-corrected chi connectivity index (χ4v) is 3.50. The van der Waals surface area contributed by atoms with E-state index >= 15 is 0 Å². The average Bonchev–Trinajstić information content (AvgIpc) is 3.25. The van der Waals surface area contributed by atoms with E-state index < -0.39 is 17.6 Å². The lowest BCUT2D eigenvalue weighted by Gasteiger charge is -2.36. The van der Waals surface area contributed by atoms with Gasteiger partial charge in [0.1, 0.15) is 0 Å². The van der Waals surface area contributed by atoms with Crippen molar-refractivity contribution in [2.75, 3.05) is 44.4 Å². The van der Waals surface area contributed by atoms with Crippen molar-refractivity contribution in [2.24, 2.45) is 0 Å². The molecule has 0 bridgehead atoms. The first-order valence-electron chi connectivity index (χ1n) is 9.69. The summed E-state index contributed by atoms with van der Waals surface area (Å²) in [6.07, 6.45) is -4.40. The van der Waals surface area contributed by atoms with Crippen LogP contribution in [0, 0.1) is 0 Å². The fourth-order valence-electron chi connectivity index (χ4n) is 3.50. The Hall–Kier alpha value is -3.43. The van der Waals surface area contributed by atoms with E-state index in [0.717, 1.165) is 12.1 Å². The Bertz CT molecular complexity index is 988. The Morgan fingerprint density at radius 1 is 0.968 bits per heavy atom. The number of hydrogen-bond acceptors (Lipinski definition) is 5. The first-order chi connectivity index (χ1) is 14.8. The number of carbonyl (C=O) groups excluding carboxylic acids is 2. The molecule has 1 saturated heterocycles. The third kappa shape index (κ3) is 4.68. The number of halogens is 3. The molecule has 0 spiro atoms. The monoisotopic (exact) mass is 435 g/mol. The van der Waals surface area contributed by atoms with E-state index in [2.05, 4.69) is 5.32 Å². The van der Waals surface area contributed by atoms with Gasteiger partial charge in [-0.05, 0) is 36.4 Å². The van der Waals surface area contributed by atoms with Crippen LogP contribution in [0.1, 0.15) is 15.9 Å². The van der Waals surface area contributed by atoms with Crippen molar-refractivity contribution < 1.29 is 32.2 Å². The molecule has 0 unspecified atom stereocenters. The molecule has 7 nitrogen and oxygen atoms in total. The van der Waals surface area contributed by atoms with Gasteiger partial charge in [0.15, 0.2) is 11.5 Å². The number of alkyl halides is 3. The number of ether oxygens (including phenoxy) is 2. The predicted octanol–water partition coefficient (Wildman–Crippen LogP) is 2.51. The molecule has 2 aliphatic heterocycles.